The van der Waals surface area contributed by atoms with Gasteiger partial charge in [0.2, 0.25) is 6.29 Å². The first-order valence-corrected chi connectivity index (χ1v) is 9.53. The normalized spacial score (nSPS) is 28.9. The maximum Gasteiger partial charge on any atom is 0.229 e. The van der Waals surface area contributed by atoms with E-state index in [0.29, 0.717) is 10.8 Å². The molecular formula is C18H21ClO6S. The van der Waals surface area contributed by atoms with Crippen LogP contribution in [0.25, 0.3) is 0 Å². The van der Waals surface area contributed by atoms with Gasteiger partial charge in [-0.15, -0.1) is 11.3 Å². The first kappa shape index (κ1) is 19.6. The maximum absolute atomic E-state index is 10.1. The number of benzene rings is 1. The van der Waals surface area contributed by atoms with Crippen LogP contribution in [0.5, 0.6) is 5.75 Å². The summed E-state index contributed by atoms with van der Waals surface area (Å²) in [6.45, 7) is -0.488. The highest BCUT2D eigenvalue weighted by Gasteiger charge is 2.44. The van der Waals surface area contributed by atoms with Crippen molar-refractivity contribution in [2.45, 2.75) is 43.5 Å². The minimum absolute atomic E-state index is 0.488. The van der Waals surface area contributed by atoms with E-state index in [9.17, 15) is 20.4 Å². The van der Waals surface area contributed by atoms with Gasteiger partial charge in [-0.1, -0.05) is 23.7 Å². The van der Waals surface area contributed by atoms with Crippen molar-refractivity contribution in [2.24, 2.45) is 0 Å². The molecule has 26 heavy (non-hydrogen) atoms. The van der Waals surface area contributed by atoms with Crippen LogP contribution < -0.4 is 4.74 Å². The fraction of sp³-hybridized carbons (Fsp3) is 0.444. The summed E-state index contributed by atoms with van der Waals surface area (Å²) in [5, 5.41) is 41.6. The van der Waals surface area contributed by atoms with Crippen LogP contribution in [0, 0.1) is 0 Å². The van der Waals surface area contributed by atoms with Crippen LogP contribution in [0.1, 0.15) is 10.4 Å². The van der Waals surface area contributed by atoms with Crippen molar-refractivity contribution in [2.75, 3.05) is 6.61 Å². The van der Waals surface area contributed by atoms with E-state index in [1.165, 1.54) is 11.3 Å². The number of aliphatic hydroxyl groups is 4. The van der Waals surface area contributed by atoms with E-state index in [4.69, 9.17) is 21.1 Å². The molecule has 5 atom stereocenters. The van der Waals surface area contributed by atoms with E-state index in [1.54, 1.807) is 6.07 Å². The summed E-state index contributed by atoms with van der Waals surface area (Å²) >= 11 is 7.41. The SMILES string of the molecule is OC[C@H]1O[C@@H](Oc2ccsc2CCc2ccc(Cl)cc2)[C@H](O)[C@@H](O)[C@@H]1O. The predicted molar refractivity (Wildman–Crippen MR) is 97.6 cm³/mol. The van der Waals surface area contributed by atoms with Crippen LogP contribution >= 0.6 is 22.9 Å². The van der Waals surface area contributed by atoms with Gasteiger partial charge in [-0.05, 0) is 42.0 Å². The lowest BCUT2D eigenvalue weighted by atomic mass is 9.99. The van der Waals surface area contributed by atoms with Crippen molar-refractivity contribution in [3.05, 3.63) is 51.2 Å². The van der Waals surface area contributed by atoms with E-state index in [2.05, 4.69) is 0 Å². The molecule has 142 valence electrons. The van der Waals surface area contributed by atoms with Crippen molar-refractivity contribution in [1.29, 1.82) is 0 Å². The van der Waals surface area contributed by atoms with Gasteiger partial charge in [0, 0.05) is 9.90 Å². The monoisotopic (exact) mass is 400 g/mol. The molecule has 2 heterocycles. The Morgan fingerprint density at radius 3 is 2.42 bits per heavy atom. The third-order valence-electron chi connectivity index (χ3n) is 4.35. The number of rotatable bonds is 6. The van der Waals surface area contributed by atoms with Crippen LogP contribution in [0.2, 0.25) is 5.02 Å². The van der Waals surface area contributed by atoms with Crippen molar-refractivity contribution in [3.63, 3.8) is 0 Å². The molecule has 8 heteroatoms. The number of thiophene rings is 1. The summed E-state index contributed by atoms with van der Waals surface area (Å²) in [7, 11) is 0. The molecule has 0 amide bonds. The summed E-state index contributed by atoms with van der Waals surface area (Å²) in [4.78, 5) is 0.969. The predicted octanol–water partition coefficient (Wildman–Crippen LogP) is 1.37. The summed E-state index contributed by atoms with van der Waals surface area (Å²) in [5.74, 6) is 0.549. The van der Waals surface area contributed by atoms with E-state index < -0.39 is 37.3 Å². The van der Waals surface area contributed by atoms with Crippen molar-refractivity contribution >= 4 is 22.9 Å². The lowest BCUT2D eigenvalue weighted by molar-refractivity contribution is -0.277. The van der Waals surface area contributed by atoms with Gasteiger partial charge in [0.15, 0.2) is 0 Å². The van der Waals surface area contributed by atoms with Crippen LogP contribution in [0.3, 0.4) is 0 Å². The molecule has 1 aliphatic heterocycles. The van der Waals surface area contributed by atoms with Gasteiger partial charge in [-0.3, -0.25) is 0 Å². The van der Waals surface area contributed by atoms with E-state index >= 15 is 0 Å². The molecule has 1 aliphatic rings. The number of ether oxygens (including phenoxy) is 2. The first-order chi connectivity index (χ1) is 12.5. The Hall–Kier alpha value is -1.19. The Balaban J connectivity index is 1.65. The molecule has 0 aliphatic carbocycles. The topological polar surface area (TPSA) is 99.4 Å². The second-order valence-corrected chi connectivity index (χ2v) is 7.59. The van der Waals surface area contributed by atoms with Gasteiger partial charge >= 0.3 is 0 Å². The molecule has 0 radical (unpaired) electrons. The summed E-state index contributed by atoms with van der Waals surface area (Å²) < 4.78 is 11.1. The number of aliphatic hydroxyl groups excluding tert-OH is 4. The molecule has 6 nitrogen and oxygen atoms in total. The second kappa shape index (κ2) is 8.67. The Morgan fingerprint density at radius 1 is 1.00 bits per heavy atom. The average molecular weight is 401 g/mol. The lowest BCUT2D eigenvalue weighted by Gasteiger charge is -2.39. The summed E-state index contributed by atoms with van der Waals surface area (Å²) in [6.07, 6.45) is -4.92. The first-order valence-electron chi connectivity index (χ1n) is 8.27. The molecule has 0 unspecified atom stereocenters. The minimum atomic E-state index is -1.46. The van der Waals surface area contributed by atoms with Crippen molar-refractivity contribution in [1.82, 2.24) is 0 Å². The molecule has 0 saturated carbocycles. The highest BCUT2D eigenvalue weighted by Crippen LogP contribution is 2.30. The molecule has 0 spiro atoms. The molecule has 1 saturated heterocycles. The Kier molecular flexibility index (Phi) is 6.52. The van der Waals surface area contributed by atoms with Gasteiger partial charge < -0.3 is 29.9 Å². The van der Waals surface area contributed by atoms with E-state index in [0.717, 1.165) is 23.3 Å². The Morgan fingerprint density at radius 2 is 1.73 bits per heavy atom. The molecule has 1 aromatic heterocycles. The molecule has 4 N–H and O–H groups in total. The highest BCUT2D eigenvalue weighted by atomic mass is 35.5. The van der Waals surface area contributed by atoms with Crippen LogP contribution in [-0.4, -0.2) is 57.7 Å². The fourth-order valence-corrected chi connectivity index (χ4v) is 3.75. The minimum Gasteiger partial charge on any atom is -0.461 e. The van der Waals surface area contributed by atoms with Crippen molar-refractivity contribution in [3.8, 4) is 5.75 Å². The molecule has 3 rings (SSSR count). The number of hydrogen-bond donors (Lipinski definition) is 4. The zero-order chi connectivity index (χ0) is 18.7. The Bertz CT molecular complexity index is 704. The van der Waals surface area contributed by atoms with Gasteiger partial charge in [0.1, 0.15) is 30.2 Å². The third kappa shape index (κ3) is 4.37. The van der Waals surface area contributed by atoms with Crippen LogP contribution in [-0.2, 0) is 17.6 Å². The number of halogens is 1. The summed E-state index contributed by atoms with van der Waals surface area (Å²) in [6, 6.07) is 9.39. The standard InChI is InChI=1S/C18H21ClO6S/c19-11-4-1-10(2-5-11)3-6-14-12(7-8-26-14)24-18-17(23)16(22)15(21)13(9-20)25-18/h1-2,4-5,7-8,13,15-18,20-23H,3,6,9H2/t13-,15-,16+,17-,18-/m1/s1. The number of aryl methyl sites for hydroxylation is 2. The largest absolute Gasteiger partial charge is 0.461 e. The fourth-order valence-electron chi connectivity index (χ4n) is 2.81. The van der Waals surface area contributed by atoms with Gasteiger partial charge in [-0.2, -0.15) is 0 Å². The average Bonchev–Trinajstić information content (AvgIpc) is 3.09. The molecule has 1 fully saturated rings. The molecule has 1 aromatic carbocycles. The zero-order valence-electron chi connectivity index (χ0n) is 13.9. The molecule has 0 bridgehead atoms. The number of hydrogen-bond acceptors (Lipinski definition) is 7. The molecule has 2 aromatic rings. The van der Waals surface area contributed by atoms with Gasteiger partial charge in [0.25, 0.3) is 0 Å². The van der Waals surface area contributed by atoms with Crippen LogP contribution in [0.4, 0.5) is 0 Å². The lowest BCUT2D eigenvalue weighted by Crippen LogP contribution is -2.60. The van der Waals surface area contributed by atoms with Gasteiger partial charge in [-0.25, -0.2) is 0 Å². The summed E-state index contributed by atoms with van der Waals surface area (Å²) in [5.41, 5.74) is 1.14. The second-order valence-electron chi connectivity index (χ2n) is 6.15. The van der Waals surface area contributed by atoms with Crippen LogP contribution in [0.15, 0.2) is 35.7 Å². The van der Waals surface area contributed by atoms with E-state index in [1.807, 2.05) is 29.6 Å². The van der Waals surface area contributed by atoms with E-state index in [-0.39, 0.29) is 0 Å². The van der Waals surface area contributed by atoms with Crippen molar-refractivity contribution < 1.29 is 29.9 Å². The smallest absolute Gasteiger partial charge is 0.229 e. The van der Waals surface area contributed by atoms with Gasteiger partial charge in [0.05, 0.1) is 6.61 Å². The highest BCUT2D eigenvalue weighted by molar-refractivity contribution is 7.10. The zero-order valence-corrected chi connectivity index (χ0v) is 15.4. The Labute approximate surface area is 160 Å². The maximum atomic E-state index is 10.1. The third-order valence-corrected chi connectivity index (χ3v) is 5.56. The quantitative estimate of drug-likeness (QED) is 0.584. The molecular weight excluding hydrogens is 380 g/mol.